The molecule has 3 heterocycles. The van der Waals surface area contributed by atoms with Crippen LogP contribution in [0.1, 0.15) is 27.2 Å². The minimum Gasteiger partial charge on any atom is -0.490 e. The SMILES string of the molecule is Cc1c(C(=O)NC/C=C/c2cc(OCCN)c3nc(Nc4ccc(N5CCOCC5)cc4)ncc3c2)c(=O)n(Cc2ccc(F)c(F)c2)n1C. The molecule has 1 saturated heterocycles. The number of carbonyl (C=O) groups is 1. The molecule has 5 aromatic rings. The lowest BCUT2D eigenvalue weighted by molar-refractivity contribution is 0.0956. The lowest BCUT2D eigenvalue weighted by Crippen LogP contribution is -2.36. The number of nitrogens with two attached hydrogens (primary N) is 1. The number of anilines is 3. The van der Waals surface area contributed by atoms with E-state index in [0.29, 0.717) is 35.0 Å². The zero-order valence-corrected chi connectivity index (χ0v) is 27.8. The molecule has 0 bridgehead atoms. The molecule has 0 atom stereocenters. The van der Waals surface area contributed by atoms with Crippen LogP contribution in [0.4, 0.5) is 26.1 Å². The van der Waals surface area contributed by atoms with Crippen LogP contribution >= 0.6 is 0 Å². The number of nitrogens with zero attached hydrogens (tertiary/aromatic N) is 5. The molecule has 260 valence electrons. The van der Waals surface area contributed by atoms with Crippen molar-refractivity contribution in [2.75, 3.05) is 56.2 Å². The smallest absolute Gasteiger partial charge is 0.280 e. The monoisotopic (exact) mass is 684 g/mol. The van der Waals surface area contributed by atoms with Crippen molar-refractivity contribution in [1.29, 1.82) is 0 Å². The van der Waals surface area contributed by atoms with Crippen molar-refractivity contribution >= 4 is 40.2 Å². The third-order valence-electron chi connectivity index (χ3n) is 8.44. The predicted octanol–water partition coefficient (Wildman–Crippen LogP) is 4.13. The highest BCUT2D eigenvalue weighted by Gasteiger charge is 2.21. The molecule has 2 aromatic heterocycles. The Kier molecular flexibility index (Phi) is 10.5. The van der Waals surface area contributed by atoms with Gasteiger partial charge in [-0.25, -0.2) is 23.4 Å². The van der Waals surface area contributed by atoms with Gasteiger partial charge in [-0.05, 0) is 66.6 Å². The van der Waals surface area contributed by atoms with Crippen LogP contribution in [-0.2, 0) is 18.3 Å². The van der Waals surface area contributed by atoms with Gasteiger partial charge in [-0.2, -0.15) is 0 Å². The fourth-order valence-electron chi connectivity index (χ4n) is 5.72. The molecule has 1 aliphatic heterocycles. The van der Waals surface area contributed by atoms with Crippen molar-refractivity contribution in [1.82, 2.24) is 24.6 Å². The maximum atomic E-state index is 13.7. The summed E-state index contributed by atoms with van der Waals surface area (Å²) in [7, 11) is 1.63. The predicted molar refractivity (Wildman–Crippen MR) is 188 cm³/mol. The summed E-state index contributed by atoms with van der Waals surface area (Å²) in [6, 6.07) is 15.3. The molecule has 1 amide bonds. The third kappa shape index (κ3) is 7.66. The molecule has 0 spiro atoms. The van der Waals surface area contributed by atoms with Gasteiger partial charge < -0.3 is 30.7 Å². The molecule has 0 radical (unpaired) electrons. The minimum atomic E-state index is -1.01. The first-order chi connectivity index (χ1) is 24.2. The number of carbonyl (C=O) groups excluding carboxylic acids is 1. The fraction of sp³-hybridized carbons (Fsp3) is 0.278. The highest BCUT2D eigenvalue weighted by atomic mass is 19.2. The molecule has 4 N–H and O–H groups in total. The van der Waals surface area contributed by atoms with Crippen molar-refractivity contribution in [3.8, 4) is 5.75 Å². The molecule has 1 aliphatic rings. The number of aromatic nitrogens is 4. The zero-order chi connectivity index (χ0) is 35.2. The van der Waals surface area contributed by atoms with Crippen molar-refractivity contribution in [2.24, 2.45) is 12.8 Å². The van der Waals surface area contributed by atoms with Crippen LogP contribution in [0.5, 0.6) is 5.75 Å². The fourth-order valence-corrected chi connectivity index (χ4v) is 5.72. The van der Waals surface area contributed by atoms with Crippen LogP contribution in [0.3, 0.4) is 0 Å². The standard InChI is InChI=1S/C36H38F2N8O4/c1-23-32(35(48)46(44(23)2)22-25-5-10-29(37)30(38)19-25)34(47)40-12-3-4-24-18-26-21-41-36(43-33(26)31(20-24)50-15-11-39)42-27-6-8-28(9-7-27)45-13-16-49-17-14-45/h3-10,18-21H,11-17,22,39H2,1-2H3,(H,40,47)(H,41,42,43)/b4-3+. The molecule has 0 aliphatic carbocycles. The van der Waals surface area contributed by atoms with Gasteiger partial charge in [0.25, 0.3) is 11.5 Å². The van der Waals surface area contributed by atoms with Crippen LogP contribution in [0.2, 0.25) is 0 Å². The second kappa shape index (κ2) is 15.3. The highest BCUT2D eigenvalue weighted by Crippen LogP contribution is 2.28. The minimum absolute atomic E-state index is 0.0266. The van der Waals surface area contributed by atoms with Gasteiger partial charge in [0.15, 0.2) is 11.6 Å². The summed E-state index contributed by atoms with van der Waals surface area (Å²) >= 11 is 0. The highest BCUT2D eigenvalue weighted by molar-refractivity contribution is 5.95. The Morgan fingerprint density at radius 1 is 1.08 bits per heavy atom. The summed E-state index contributed by atoms with van der Waals surface area (Å²) in [5.74, 6) is -1.58. The second-order valence-corrected chi connectivity index (χ2v) is 11.8. The van der Waals surface area contributed by atoms with Gasteiger partial charge in [-0.15, -0.1) is 0 Å². The lowest BCUT2D eigenvalue weighted by atomic mass is 10.1. The number of morpholine rings is 1. The summed E-state index contributed by atoms with van der Waals surface area (Å²) in [6.45, 7) is 5.53. The van der Waals surface area contributed by atoms with E-state index in [4.69, 9.17) is 20.2 Å². The van der Waals surface area contributed by atoms with Crippen molar-refractivity contribution in [3.63, 3.8) is 0 Å². The van der Waals surface area contributed by atoms with E-state index in [1.165, 1.54) is 15.4 Å². The summed E-state index contributed by atoms with van der Waals surface area (Å²) < 4.78 is 41.3. The number of halogens is 2. The van der Waals surface area contributed by atoms with Gasteiger partial charge in [0.1, 0.15) is 23.4 Å². The van der Waals surface area contributed by atoms with E-state index in [1.807, 2.05) is 30.3 Å². The Balaban J connectivity index is 1.13. The number of fused-ring (bicyclic) bond motifs is 1. The van der Waals surface area contributed by atoms with Gasteiger partial charge in [0.05, 0.1) is 19.8 Å². The van der Waals surface area contributed by atoms with Crippen LogP contribution in [-0.4, -0.2) is 71.2 Å². The number of amides is 1. The quantitative estimate of drug-likeness (QED) is 0.177. The van der Waals surface area contributed by atoms with Crippen LogP contribution in [0, 0.1) is 18.6 Å². The van der Waals surface area contributed by atoms with E-state index in [-0.39, 0.29) is 25.3 Å². The van der Waals surface area contributed by atoms with E-state index in [9.17, 15) is 18.4 Å². The molecule has 50 heavy (non-hydrogen) atoms. The average molecular weight is 685 g/mol. The summed E-state index contributed by atoms with van der Waals surface area (Å²) in [6.07, 6.45) is 5.28. The van der Waals surface area contributed by atoms with E-state index in [0.717, 1.165) is 60.8 Å². The first-order valence-electron chi connectivity index (χ1n) is 16.2. The molecule has 3 aromatic carbocycles. The number of hydrogen-bond acceptors (Lipinski definition) is 9. The summed E-state index contributed by atoms with van der Waals surface area (Å²) in [5, 5.41) is 6.77. The van der Waals surface area contributed by atoms with Crippen molar-refractivity contribution < 1.29 is 23.0 Å². The second-order valence-electron chi connectivity index (χ2n) is 11.8. The van der Waals surface area contributed by atoms with Gasteiger partial charge >= 0.3 is 0 Å². The molecular formula is C36H38F2N8O4. The Morgan fingerprint density at radius 2 is 1.86 bits per heavy atom. The van der Waals surface area contributed by atoms with Gasteiger partial charge in [-0.1, -0.05) is 18.2 Å². The Morgan fingerprint density at radius 3 is 2.60 bits per heavy atom. The Bertz CT molecular complexity index is 2090. The van der Waals surface area contributed by atoms with Crippen LogP contribution in [0.25, 0.3) is 17.0 Å². The van der Waals surface area contributed by atoms with Crippen molar-refractivity contribution in [2.45, 2.75) is 13.5 Å². The molecule has 0 unspecified atom stereocenters. The summed E-state index contributed by atoms with van der Waals surface area (Å²) in [4.78, 5) is 37.8. The van der Waals surface area contributed by atoms with E-state index in [1.54, 1.807) is 26.2 Å². The molecule has 0 saturated carbocycles. The molecular weight excluding hydrogens is 646 g/mol. The van der Waals surface area contributed by atoms with Gasteiger partial charge in [-0.3, -0.25) is 14.3 Å². The summed E-state index contributed by atoms with van der Waals surface area (Å²) in [5.41, 5.74) is 9.37. The normalized spacial score (nSPS) is 13.3. The van der Waals surface area contributed by atoms with Crippen LogP contribution < -0.4 is 31.6 Å². The number of hydrogen-bond donors (Lipinski definition) is 3. The first-order valence-corrected chi connectivity index (χ1v) is 16.2. The van der Waals surface area contributed by atoms with E-state index in [2.05, 4.69) is 32.7 Å². The Labute approximate surface area is 287 Å². The molecule has 14 heteroatoms. The van der Waals surface area contributed by atoms with E-state index >= 15 is 0 Å². The Hall–Kier alpha value is -5.60. The molecule has 12 nitrogen and oxygen atoms in total. The maximum Gasteiger partial charge on any atom is 0.280 e. The molecule has 1 fully saturated rings. The van der Waals surface area contributed by atoms with E-state index < -0.39 is 23.1 Å². The zero-order valence-electron chi connectivity index (χ0n) is 27.8. The number of rotatable bonds is 12. The van der Waals surface area contributed by atoms with Gasteiger partial charge in [0.2, 0.25) is 5.95 Å². The van der Waals surface area contributed by atoms with Crippen LogP contribution in [0.15, 0.2) is 71.7 Å². The number of ether oxygens (including phenoxy) is 2. The third-order valence-corrected chi connectivity index (χ3v) is 8.44. The topological polar surface area (TPSA) is 142 Å². The number of benzene rings is 3. The first kappa shape index (κ1) is 34.3. The van der Waals surface area contributed by atoms with Crippen molar-refractivity contribution in [3.05, 3.63) is 111 Å². The van der Waals surface area contributed by atoms with Gasteiger partial charge in [0, 0.05) is 61.9 Å². The molecule has 6 rings (SSSR count). The average Bonchev–Trinajstić information content (AvgIpc) is 3.33. The number of nitrogens with one attached hydrogen (secondary N) is 2. The largest absolute Gasteiger partial charge is 0.490 e. The maximum absolute atomic E-state index is 13.7. The lowest BCUT2D eigenvalue weighted by Gasteiger charge is -2.28.